The van der Waals surface area contributed by atoms with Gasteiger partial charge < -0.3 is 14.2 Å². The molecule has 0 spiro atoms. The SMILES string of the molecule is CCC(C)(C)c1ccc(OCCCC(=O)N/N=C\c2ccc3c(c2)OCO3)c(C(C)(C)CC)c1. The van der Waals surface area contributed by atoms with E-state index in [0.717, 1.165) is 29.9 Å². The number of amides is 1. The van der Waals surface area contributed by atoms with Gasteiger partial charge in [0.25, 0.3) is 0 Å². The van der Waals surface area contributed by atoms with Crippen LogP contribution in [0.2, 0.25) is 0 Å². The fraction of sp³-hybridized carbons (Fsp3) is 0.500. The minimum absolute atomic E-state index is 0.00990. The van der Waals surface area contributed by atoms with Gasteiger partial charge in [-0.05, 0) is 65.5 Å². The first-order valence-electron chi connectivity index (χ1n) is 12.2. The lowest BCUT2D eigenvalue weighted by molar-refractivity contribution is -0.121. The van der Waals surface area contributed by atoms with Crippen LogP contribution in [0.25, 0.3) is 0 Å². The van der Waals surface area contributed by atoms with Crippen LogP contribution in [0.4, 0.5) is 0 Å². The van der Waals surface area contributed by atoms with E-state index in [1.807, 2.05) is 18.2 Å². The first-order valence-corrected chi connectivity index (χ1v) is 12.2. The molecule has 6 heteroatoms. The Morgan fingerprint density at radius 2 is 1.76 bits per heavy atom. The van der Waals surface area contributed by atoms with Gasteiger partial charge in [-0.1, -0.05) is 53.7 Å². The van der Waals surface area contributed by atoms with Gasteiger partial charge in [0.1, 0.15) is 5.75 Å². The van der Waals surface area contributed by atoms with Crippen LogP contribution in [0.5, 0.6) is 17.2 Å². The second kappa shape index (κ2) is 10.9. The first-order chi connectivity index (χ1) is 16.2. The lowest BCUT2D eigenvalue weighted by Gasteiger charge is -2.30. The maximum Gasteiger partial charge on any atom is 0.240 e. The number of nitrogens with one attached hydrogen (secondary N) is 1. The highest BCUT2D eigenvalue weighted by Crippen LogP contribution is 2.38. The van der Waals surface area contributed by atoms with E-state index in [1.54, 1.807) is 6.21 Å². The Hall–Kier alpha value is -3.02. The second-order valence-electron chi connectivity index (χ2n) is 10.0. The highest BCUT2D eigenvalue weighted by atomic mass is 16.7. The van der Waals surface area contributed by atoms with E-state index in [-0.39, 0.29) is 23.5 Å². The lowest BCUT2D eigenvalue weighted by atomic mass is 9.76. The molecule has 0 radical (unpaired) electrons. The van der Waals surface area contributed by atoms with E-state index in [0.29, 0.717) is 25.2 Å². The normalized spacial score (nSPS) is 13.4. The number of ether oxygens (including phenoxy) is 3. The van der Waals surface area contributed by atoms with Crippen molar-refractivity contribution in [3.8, 4) is 17.2 Å². The number of hydrazone groups is 1. The van der Waals surface area contributed by atoms with Crippen LogP contribution >= 0.6 is 0 Å². The quantitative estimate of drug-likeness (QED) is 0.247. The molecule has 1 heterocycles. The largest absolute Gasteiger partial charge is 0.493 e. The molecule has 0 saturated carbocycles. The van der Waals surface area contributed by atoms with E-state index >= 15 is 0 Å². The molecule has 2 aromatic rings. The summed E-state index contributed by atoms with van der Waals surface area (Å²) < 4.78 is 16.8. The molecular weight excluding hydrogens is 428 g/mol. The van der Waals surface area contributed by atoms with Crippen molar-refractivity contribution in [2.24, 2.45) is 5.10 Å². The third kappa shape index (κ3) is 6.31. The molecule has 0 aromatic heterocycles. The van der Waals surface area contributed by atoms with Crippen LogP contribution in [0.1, 0.15) is 83.9 Å². The monoisotopic (exact) mass is 466 g/mol. The van der Waals surface area contributed by atoms with Gasteiger partial charge in [-0.2, -0.15) is 5.10 Å². The van der Waals surface area contributed by atoms with E-state index in [9.17, 15) is 4.79 Å². The summed E-state index contributed by atoms with van der Waals surface area (Å²) in [4.78, 5) is 12.2. The van der Waals surface area contributed by atoms with Gasteiger partial charge >= 0.3 is 0 Å². The molecule has 34 heavy (non-hydrogen) atoms. The molecule has 1 N–H and O–H groups in total. The van der Waals surface area contributed by atoms with Crippen LogP contribution < -0.4 is 19.6 Å². The molecule has 1 amide bonds. The molecule has 0 atom stereocenters. The zero-order chi connectivity index (χ0) is 24.8. The first kappa shape index (κ1) is 25.6. The number of nitrogens with zero attached hydrogens (tertiary/aromatic N) is 1. The lowest BCUT2D eigenvalue weighted by Crippen LogP contribution is -2.21. The van der Waals surface area contributed by atoms with Crippen molar-refractivity contribution >= 4 is 12.1 Å². The second-order valence-corrected chi connectivity index (χ2v) is 10.0. The van der Waals surface area contributed by atoms with Gasteiger partial charge in [-0.25, -0.2) is 5.43 Å². The average Bonchev–Trinajstić information content (AvgIpc) is 3.29. The van der Waals surface area contributed by atoms with Crippen LogP contribution in [-0.4, -0.2) is 25.5 Å². The predicted octanol–water partition coefficient (Wildman–Crippen LogP) is 6.10. The van der Waals surface area contributed by atoms with E-state index in [1.165, 1.54) is 11.1 Å². The number of hydrogen-bond acceptors (Lipinski definition) is 5. The molecular formula is C28H38N2O4. The number of fused-ring (bicyclic) bond motifs is 1. The van der Waals surface area contributed by atoms with Crippen molar-refractivity contribution in [1.82, 2.24) is 5.43 Å². The molecule has 184 valence electrons. The highest BCUT2D eigenvalue weighted by Gasteiger charge is 2.26. The van der Waals surface area contributed by atoms with Gasteiger partial charge in [0, 0.05) is 12.0 Å². The van der Waals surface area contributed by atoms with Crippen molar-refractivity contribution in [1.29, 1.82) is 0 Å². The molecule has 0 bridgehead atoms. The average molecular weight is 467 g/mol. The van der Waals surface area contributed by atoms with E-state index < -0.39 is 0 Å². The Balaban J connectivity index is 1.52. The third-order valence-corrected chi connectivity index (χ3v) is 6.86. The van der Waals surface area contributed by atoms with Crippen LogP contribution in [-0.2, 0) is 15.6 Å². The summed E-state index contributed by atoms with van der Waals surface area (Å²) in [6.07, 6.45) is 4.63. The van der Waals surface area contributed by atoms with Crippen molar-refractivity contribution in [3.05, 3.63) is 53.1 Å². The summed E-state index contributed by atoms with van der Waals surface area (Å²) in [7, 11) is 0. The Morgan fingerprint density at radius 1 is 1.03 bits per heavy atom. The van der Waals surface area contributed by atoms with E-state index in [2.05, 4.69) is 70.3 Å². The van der Waals surface area contributed by atoms with Crippen LogP contribution in [0, 0.1) is 0 Å². The molecule has 1 aliphatic heterocycles. The number of carbonyl (C=O) groups is 1. The zero-order valence-electron chi connectivity index (χ0n) is 21.4. The smallest absolute Gasteiger partial charge is 0.240 e. The molecule has 1 aliphatic rings. The molecule has 6 nitrogen and oxygen atoms in total. The van der Waals surface area contributed by atoms with Crippen molar-refractivity contribution < 1.29 is 19.0 Å². The summed E-state index contributed by atoms with van der Waals surface area (Å²) in [6.45, 7) is 14.2. The fourth-order valence-electron chi connectivity index (χ4n) is 3.64. The van der Waals surface area contributed by atoms with Crippen molar-refractivity contribution in [2.45, 2.75) is 78.1 Å². The van der Waals surface area contributed by atoms with Gasteiger partial charge in [-0.3, -0.25) is 4.79 Å². The minimum Gasteiger partial charge on any atom is -0.493 e. The molecule has 0 unspecified atom stereocenters. The Morgan fingerprint density at radius 3 is 2.50 bits per heavy atom. The Bertz CT molecular complexity index is 1030. The third-order valence-electron chi connectivity index (χ3n) is 6.86. The zero-order valence-corrected chi connectivity index (χ0v) is 21.4. The van der Waals surface area contributed by atoms with Crippen molar-refractivity contribution in [2.75, 3.05) is 13.4 Å². The number of carbonyl (C=O) groups excluding carboxylic acids is 1. The molecule has 3 rings (SSSR count). The highest BCUT2D eigenvalue weighted by molar-refractivity contribution is 5.83. The fourth-order valence-corrected chi connectivity index (χ4v) is 3.64. The summed E-state index contributed by atoms with van der Waals surface area (Å²) in [5, 5.41) is 4.04. The van der Waals surface area contributed by atoms with Gasteiger partial charge in [-0.15, -0.1) is 0 Å². The van der Waals surface area contributed by atoms with Gasteiger partial charge in [0.15, 0.2) is 11.5 Å². The predicted molar refractivity (Wildman–Crippen MR) is 136 cm³/mol. The summed E-state index contributed by atoms with van der Waals surface area (Å²) >= 11 is 0. The van der Waals surface area contributed by atoms with Gasteiger partial charge in [0.2, 0.25) is 12.7 Å². The number of hydrogen-bond donors (Lipinski definition) is 1. The van der Waals surface area contributed by atoms with Gasteiger partial charge in [0.05, 0.1) is 12.8 Å². The molecule has 2 aromatic carbocycles. The standard InChI is InChI=1S/C28H38N2O4/c1-7-27(3,4)21-12-14-23(22(17-21)28(5,6)8-2)32-15-9-10-26(31)30-29-18-20-11-13-24-25(16-20)34-19-33-24/h11-14,16-18H,7-10,15,19H2,1-6H3,(H,30,31)/b29-18-. The maximum absolute atomic E-state index is 12.2. The maximum atomic E-state index is 12.2. The Kier molecular flexibility index (Phi) is 8.24. The summed E-state index contributed by atoms with van der Waals surface area (Å²) in [5.41, 5.74) is 6.09. The summed E-state index contributed by atoms with van der Waals surface area (Å²) in [5.74, 6) is 2.17. The topological polar surface area (TPSA) is 69.2 Å². The molecule has 0 fully saturated rings. The summed E-state index contributed by atoms with van der Waals surface area (Å²) in [6, 6.07) is 12.1. The van der Waals surface area contributed by atoms with Crippen molar-refractivity contribution in [3.63, 3.8) is 0 Å². The van der Waals surface area contributed by atoms with Crippen LogP contribution in [0.3, 0.4) is 0 Å². The van der Waals surface area contributed by atoms with E-state index in [4.69, 9.17) is 14.2 Å². The number of benzene rings is 2. The van der Waals surface area contributed by atoms with Crippen LogP contribution in [0.15, 0.2) is 41.5 Å². The minimum atomic E-state index is -0.144. The molecule has 0 saturated heterocycles. The number of rotatable bonds is 11. The Labute approximate surface area is 203 Å². The molecule has 0 aliphatic carbocycles.